The van der Waals surface area contributed by atoms with Gasteiger partial charge in [-0.1, -0.05) is 78.3 Å². The largest absolute Gasteiger partial charge is 0.490 e. The van der Waals surface area contributed by atoms with Crippen LogP contribution in [0.1, 0.15) is 43.4 Å². The lowest BCUT2D eigenvalue weighted by atomic mass is 9.62. The van der Waals surface area contributed by atoms with Crippen LogP contribution in [0.2, 0.25) is 10.0 Å². The summed E-state index contributed by atoms with van der Waals surface area (Å²) in [6.45, 7) is 3.99. The Morgan fingerprint density at radius 2 is 1.70 bits per heavy atom. The van der Waals surface area contributed by atoms with Gasteiger partial charge in [-0.2, -0.15) is 0 Å². The van der Waals surface area contributed by atoms with E-state index < -0.39 is 23.4 Å². The van der Waals surface area contributed by atoms with E-state index >= 15 is 0 Å². The maximum Gasteiger partial charge on any atom is 0.238 e. The highest BCUT2D eigenvalue weighted by molar-refractivity contribution is 6.37. The zero-order valence-corrected chi connectivity index (χ0v) is 24.9. The first-order valence-corrected chi connectivity index (χ1v) is 14.9. The Kier molecular flexibility index (Phi) is 6.91. The van der Waals surface area contributed by atoms with E-state index in [1.807, 2.05) is 65.7 Å². The zero-order chi connectivity index (χ0) is 30.6. The number of carbonyl (C=O) groups excluding carboxylic acids is 3. The highest BCUT2D eigenvalue weighted by Gasteiger charge is 2.70. The number of ether oxygens (including phenoxy) is 1. The second-order valence-electron chi connectivity index (χ2n) is 11.1. The van der Waals surface area contributed by atoms with Gasteiger partial charge in [0.05, 0.1) is 17.0 Å². The number of hydrogen-bond acceptors (Lipinski definition) is 5. The van der Waals surface area contributed by atoms with E-state index in [9.17, 15) is 14.4 Å². The average Bonchev–Trinajstić information content (AvgIpc) is 3.51. The van der Waals surface area contributed by atoms with Crippen molar-refractivity contribution in [2.45, 2.75) is 17.5 Å². The van der Waals surface area contributed by atoms with E-state index in [1.165, 1.54) is 6.07 Å². The van der Waals surface area contributed by atoms with Gasteiger partial charge in [0.25, 0.3) is 0 Å². The molecule has 1 amide bonds. The van der Waals surface area contributed by atoms with Gasteiger partial charge in [0.2, 0.25) is 5.91 Å². The van der Waals surface area contributed by atoms with Gasteiger partial charge < -0.3 is 15.0 Å². The molecule has 4 atom stereocenters. The molecule has 8 heteroatoms. The summed E-state index contributed by atoms with van der Waals surface area (Å²) in [5.41, 5.74) is 2.20. The van der Waals surface area contributed by atoms with Crippen molar-refractivity contribution < 1.29 is 19.1 Å². The summed E-state index contributed by atoms with van der Waals surface area (Å²) in [6, 6.07) is 24.9. The van der Waals surface area contributed by atoms with Crippen molar-refractivity contribution in [3.63, 3.8) is 0 Å². The monoisotopic (exact) mass is 620 g/mol. The lowest BCUT2D eigenvalue weighted by Crippen LogP contribution is -2.49. The number of amides is 1. The van der Waals surface area contributed by atoms with E-state index in [4.69, 9.17) is 27.9 Å². The Morgan fingerprint density at radius 1 is 0.955 bits per heavy atom. The Morgan fingerprint density at radius 3 is 2.48 bits per heavy atom. The van der Waals surface area contributed by atoms with Crippen molar-refractivity contribution in [3.05, 3.63) is 148 Å². The number of fused-ring (bicyclic) bond motifs is 6. The SMILES string of the molecule is C=CCOc1ccc(C(=O)[C@@H]2[C@H](C(=O)c3ccc(Cl)cc3Cl)N3C=Cc4ccccc4[C@@H]3[C@@]23C(=O)Nc2ccccc23)cc1. The fourth-order valence-corrected chi connectivity index (χ4v) is 7.57. The summed E-state index contributed by atoms with van der Waals surface area (Å²) < 4.78 is 5.64. The van der Waals surface area contributed by atoms with E-state index in [0.29, 0.717) is 34.2 Å². The lowest BCUT2D eigenvalue weighted by molar-refractivity contribution is -0.122. The third-order valence-electron chi connectivity index (χ3n) is 8.82. The van der Waals surface area contributed by atoms with Crippen molar-refractivity contribution >= 4 is 52.4 Å². The van der Waals surface area contributed by atoms with Gasteiger partial charge in [0.1, 0.15) is 23.8 Å². The number of nitrogens with zero attached hydrogens (tertiary/aromatic N) is 1. The molecule has 44 heavy (non-hydrogen) atoms. The normalized spacial score (nSPS) is 22.6. The van der Waals surface area contributed by atoms with Crippen molar-refractivity contribution in [2.24, 2.45) is 5.92 Å². The quantitative estimate of drug-likeness (QED) is 0.171. The van der Waals surface area contributed by atoms with Gasteiger partial charge >= 0.3 is 0 Å². The van der Waals surface area contributed by atoms with E-state index in [0.717, 1.165) is 11.1 Å². The first kappa shape index (κ1) is 28.1. The van der Waals surface area contributed by atoms with Crippen LogP contribution in [-0.4, -0.2) is 35.0 Å². The minimum atomic E-state index is -1.44. The van der Waals surface area contributed by atoms with E-state index in [1.54, 1.807) is 42.5 Å². The van der Waals surface area contributed by atoms with Gasteiger partial charge in [-0.25, -0.2) is 0 Å². The van der Waals surface area contributed by atoms with Crippen molar-refractivity contribution in [1.29, 1.82) is 0 Å². The van der Waals surface area contributed by atoms with Crippen LogP contribution in [0.25, 0.3) is 6.08 Å². The molecular formula is C36H26Cl2N2O4. The summed E-state index contributed by atoms with van der Waals surface area (Å²) in [5.74, 6) is -1.59. The standard InChI is InChI=1S/C36H26Cl2N2O4/c1-2-19-44-24-14-11-22(12-15-24)32(41)30-31(33(42)26-16-13-23(37)20-28(26)38)40-18-17-21-7-3-4-8-25(21)34(40)36(30)27-9-5-6-10-29(27)39-35(36)43/h2-18,20,30-31,34H,1,19H2,(H,39,43)/t30-,31+,34+,36-/m0/s1. The summed E-state index contributed by atoms with van der Waals surface area (Å²) in [7, 11) is 0. The molecule has 0 aliphatic carbocycles. The van der Waals surface area contributed by atoms with E-state index in [2.05, 4.69) is 11.9 Å². The van der Waals surface area contributed by atoms with Crippen molar-refractivity contribution in [3.8, 4) is 5.75 Å². The van der Waals surface area contributed by atoms with Gasteiger partial charge in [0.15, 0.2) is 11.6 Å². The minimum absolute atomic E-state index is 0.174. The van der Waals surface area contributed by atoms with Crippen LogP contribution in [0.15, 0.2) is 110 Å². The third-order valence-corrected chi connectivity index (χ3v) is 9.37. The molecule has 0 radical (unpaired) electrons. The zero-order valence-electron chi connectivity index (χ0n) is 23.4. The Balaban J connectivity index is 1.49. The number of rotatable bonds is 7. The van der Waals surface area contributed by atoms with Crippen LogP contribution in [0.3, 0.4) is 0 Å². The second kappa shape index (κ2) is 10.8. The molecule has 4 aromatic rings. The number of carbonyl (C=O) groups is 3. The summed E-state index contributed by atoms with van der Waals surface area (Å²) in [6.07, 6.45) is 5.38. The molecule has 1 N–H and O–H groups in total. The molecule has 1 saturated heterocycles. The lowest BCUT2D eigenvalue weighted by Gasteiger charge is -2.38. The molecule has 1 spiro atoms. The molecule has 3 heterocycles. The van der Waals surface area contributed by atoms with Gasteiger partial charge in [-0.15, -0.1) is 0 Å². The van der Waals surface area contributed by atoms with Crippen LogP contribution in [0.4, 0.5) is 5.69 Å². The number of para-hydroxylation sites is 1. The first-order valence-electron chi connectivity index (χ1n) is 14.2. The molecule has 0 bridgehead atoms. The van der Waals surface area contributed by atoms with Crippen LogP contribution < -0.4 is 10.1 Å². The molecule has 0 unspecified atom stereocenters. The molecule has 218 valence electrons. The minimum Gasteiger partial charge on any atom is -0.490 e. The number of ketones is 2. The highest BCUT2D eigenvalue weighted by atomic mass is 35.5. The molecule has 7 rings (SSSR count). The van der Waals surface area contributed by atoms with Crippen molar-refractivity contribution in [2.75, 3.05) is 11.9 Å². The van der Waals surface area contributed by atoms with Crippen molar-refractivity contribution in [1.82, 2.24) is 4.90 Å². The third kappa shape index (κ3) is 4.13. The number of benzene rings is 4. The highest BCUT2D eigenvalue weighted by Crippen LogP contribution is 2.62. The number of nitrogens with one attached hydrogen (secondary N) is 1. The Hall–Kier alpha value is -4.65. The second-order valence-corrected chi connectivity index (χ2v) is 11.9. The Labute approximate surface area is 264 Å². The smallest absolute Gasteiger partial charge is 0.238 e. The van der Waals surface area contributed by atoms with Crippen LogP contribution >= 0.6 is 23.2 Å². The molecular weight excluding hydrogens is 595 g/mol. The topological polar surface area (TPSA) is 75.7 Å². The summed E-state index contributed by atoms with van der Waals surface area (Å²) >= 11 is 12.8. The van der Waals surface area contributed by atoms with E-state index in [-0.39, 0.29) is 28.1 Å². The van der Waals surface area contributed by atoms with Gasteiger partial charge in [0, 0.05) is 28.0 Å². The summed E-state index contributed by atoms with van der Waals surface area (Å²) in [5, 5.41) is 3.61. The number of anilines is 1. The molecule has 1 fully saturated rings. The number of halogens is 2. The maximum atomic E-state index is 14.9. The molecule has 6 nitrogen and oxygen atoms in total. The molecule has 4 aromatic carbocycles. The maximum absolute atomic E-state index is 14.9. The average molecular weight is 622 g/mol. The van der Waals surface area contributed by atoms with Crippen LogP contribution in [-0.2, 0) is 10.2 Å². The van der Waals surface area contributed by atoms with Crippen LogP contribution in [0.5, 0.6) is 5.75 Å². The Bertz CT molecular complexity index is 1890. The number of Topliss-reactive ketones (excluding diaryl/α,β-unsaturated/α-hetero) is 2. The predicted molar refractivity (Wildman–Crippen MR) is 171 cm³/mol. The number of hydrogen-bond donors (Lipinski definition) is 1. The molecule has 3 aliphatic heterocycles. The fraction of sp³-hybridized carbons (Fsp3) is 0.139. The fourth-order valence-electron chi connectivity index (χ4n) is 7.07. The van der Waals surface area contributed by atoms with Gasteiger partial charge in [-0.3, -0.25) is 14.4 Å². The molecule has 0 aromatic heterocycles. The first-order chi connectivity index (χ1) is 21.4. The van der Waals surface area contributed by atoms with Crippen LogP contribution in [0, 0.1) is 5.92 Å². The molecule has 0 saturated carbocycles. The molecule has 3 aliphatic rings. The summed E-state index contributed by atoms with van der Waals surface area (Å²) in [4.78, 5) is 46.1. The predicted octanol–water partition coefficient (Wildman–Crippen LogP) is 7.54. The van der Waals surface area contributed by atoms with Gasteiger partial charge in [-0.05, 0) is 71.3 Å².